The summed E-state index contributed by atoms with van der Waals surface area (Å²) < 4.78 is 23.4. The first-order chi connectivity index (χ1) is 12.5. The molecule has 5 rings (SSSR count). The molecule has 1 heterocycles. The number of hydrogen-bond acceptors (Lipinski definition) is 3. The van der Waals surface area contributed by atoms with E-state index < -0.39 is 7.82 Å². The quantitative estimate of drug-likeness (QED) is 0.638. The summed E-state index contributed by atoms with van der Waals surface area (Å²) in [6, 6.07) is 11.6. The van der Waals surface area contributed by atoms with Crippen LogP contribution in [0.2, 0.25) is 0 Å². The van der Waals surface area contributed by atoms with Gasteiger partial charge in [0.1, 0.15) is 11.5 Å². The fraction of sp³-hybridized carbons (Fsp3) is 0.143. The predicted octanol–water partition coefficient (Wildman–Crippen LogP) is 5.38. The highest BCUT2D eigenvalue weighted by Gasteiger charge is 2.39. The van der Waals surface area contributed by atoms with Crippen molar-refractivity contribution in [1.29, 1.82) is 0 Å². The Kier molecular flexibility index (Phi) is 3.30. The fourth-order valence-electron chi connectivity index (χ4n) is 4.03. The van der Waals surface area contributed by atoms with E-state index >= 15 is 0 Å². The molecule has 0 radical (unpaired) electrons. The molecule has 130 valence electrons. The molecule has 5 heteroatoms. The average molecular weight is 364 g/mol. The zero-order valence-corrected chi connectivity index (χ0v) is 15.0. The summed E-state index contributed by atoms with van der Waals surface area (Å²) in [4.78, 5) is 10.2. The summed E-state index contributed by atoms with van der Waals surface area (Å²) in [6.45, 7) is 2.08. The summed E-state index contributed by atoms with van der Waals surface area (Å²) in [5, 5.41) is 2.02. The van der Waals surface area contributed by atoms with Crippen LogP contribution in [0.15, 0.2) is 78.1 Å². The summed E-state index contributed by atoms with van der Waals surface area (Å²) in [7, 11) is -4.25. The number of phosphoric ester groups is 1. The largest absolute Gasteiger partial charge is 0.584 e. The fourth-order valence-corrected chi connectivity index (χ4v) is 4.87. The minimum atomic E-state index is -4.25. The third kappa shape index (κ3) is 2.30. The molecule has 4 nitrogen and oxygen atoms in total. The lowest BCUT2D eigenvalue weighted by Gasteiger charge is -2.30. The molecule has 0 amide bonds. The highest BCUT2D eigenvalue weighted by molar-refractivity contribution is 7.48. The molecule has 0 spiro atoms. The number of phosphoric acid groups is 1. The SMILES string of the molecule is CC1C=C2OP(=O)(O)Oc3ccc4ccccc4c3C2=C2C=CC=CC21. The Labute approximate surface area is 151 Å². The molecule has 3 unspecified atom stereocenters. The minimum Gasteiger partial charge on any atom is -0.395 e. The molecular formula is C21H17O4P. The van der Waals surface area contributed by atoms with E-state index in [1.54, 1.807) is 6.07 Å². The molecule has 3 aliphatic rings. The van der Waals surface area contributed by atoms with E-state index in [0.717, 1.165) is 27.5 Å². The third-order valence-corrected chi connectivity index (χ3v) is 6.00. The van der Waals surface area contributed by atoms with E-state index in [9.17, 15) is 9.46 Å². The Balaban J connectivity index is 1.92. The van der Waals surface area contributed by atoms with Gasteiger partial charge in [0.2, 0.25) is 0 Å². The lowest BCUT2D eigenvalue weighted by molar-refractivity contribution is 0.258. The molecule has 1 aliphatic heterocycles. The molecule has 2 aliphatic carbocycles. The average Bonchev–Trinajstić information content (AvgIpc) is 2.74. The molecule has 0 bridgehead atoms. The second kappa shape index (κ2) is 5.47. The van der Waals surface area contributed by atoms with E-state index in [2.05, 4.69) is 19.1 Å². The van der Waals surface area contributed by atoms with Gasteiger partial charge in [-0.15, -0.1) is 0 Å². The summed E-state index contributed by atoms with van der Waals surface area (Å²) in [5.74, 6) is 1.15. The van der Waals surface area contributed by atoms with Crippen LogP contribution in [0.4, 0.5) is 0 Å². The van der Waals surface area contributed by atoms with Crippen molar-refractivity contribution in [2.75, 3.05) is 0 Å². The van der Waals surface area contributed by atoms with Crippen molar-refractivity contribution in [2.45, 2.75) is 6.92 Å². The monoisotopic (exact) mass is 364 g/mol. The lowest BCUT2D eigenvalue weighted by atomic mass is 9.75. The summed E-state index contributed by atoms with van der Waals surface area (Å²) >= 11 is 0. The molecule has 0 fully saturated rings. The number of rotatable bonds is 0. The number of hydrogen-bond donors (Lipinski definition) is 1. The Bertz CT molecular complexity index is 1110. The van der Waals surface area contributed by atoms with Crippen molar-refractivity contribution in [1.82, 2.24) is 0 Å². The van der Waals surface area contributed by atoms with Gasteiger partial charge in [0.25, 0.3) is 0 Å². The maximum absolute atomic E-state index is 12.5. The van der Waals surface area contributed by atoms with Crippen molar-refractivity contribution >= 4 is 24.2 Å². The molecular weight excluding hydrogens is 347 g/mol. The molecule has 0 aromatic heterocycles. The van der Waals surface area contributed by atoms with Gasteiger partial charge >= 0.3 is 7.82 Å². The number of benzene rings is 2. The zero-order chi connectivity index (χ0) is 17.9. The molecule has 26 heavy (non-hydrogen) atoms. The first kappa shape index (κ1) is 15.7. The van der Waals surface area contributed by atoms with Crippen LogP contribution in [-0.4, -0.2) is 4.89 Å². The maximum Gasteiger partial charge on any atom is 0.584 e. The van der Waals surface area contributed by atoms with Gasteiger partial charge in [-0.25, -0.2) is 4.57 Å². The Hall–Kier alpha value is -2.55. The Morgan fingerprint density at radius 2 is 1.92 bits per heavy atom. The molecule has 2 aromatic rings. The van der Waals surface area contributed by atoms with Gasteiger partial charge in [0, 0.05) is 17.1 Å². The third-order valence-electron chi connectivity index (χ3n) is 5.15. The van der Waals surface area contributed by atoms with Crippen LogP contribution < -0.4 is 4.52 Å². The zero-order valence-electron chi connectivity index (χ0n) is 14.1. The smallest absolute Gasteiger partial charge is 0.395 e. The maximum atomic E-state index is 12.5. The van der Waals surface area contributed by atoms with E-state index in [1.165, 1.54) is 0 Å². The van der Waals surface area contributed by atoms with E-state index in [1.807, 2.05) is 48.6 Å². The first-order valence-corrected chi connectivity index (χ1v) is 10.1. The topological polar surface area (TPSA) is 55.8 Å². The summed E-state index contributed by atoms with van der Waals surface area (Å²) in [6.07, 6.45) is 10.2. The molecule has 1 N–H and O–H groups in total. The van der Waals surface area contributed by atoms with Crippen LogP contribution in [-0.2, 0) is 9.09 Å². The molecule has 0 saturated carbocycles. The second-order valence-corrected chi connectivity index (χ2v) is 8.10. The van der Waals surface area contributed by atoms with Crippen LogP contribution in [0.3, 0.4) is 0 Å². The lowest BCUT2D eigenvalue weighted by Crippen LogP contribution is -2.18. The van der Waals surface area contributed by atoms with E-state index in [0.29, 0.717) is 11.5 Å². The number of allylic oxidation sites excluding steroid dienone is 7. The number of fused-ring (bicyclic) bond motifs is 6. The van der Waals surface area contributed by atoms with E-state index in [-0.39, 0.29) is 11.8 Å². The van der Waals surface area contributed by atoms with E-state index in [4.69, 9.17) is 9.05 Å². The standard InChI is InChI=1S/C21H17O4P/c1-13-12-19-21(17-9-5-4-7-15(13)17)20-16-8-3-2-6-14(16)10-11-18(20)24-26(22,23)25-19/h2-13,15H,1H3,(H,22,23). The minimum absolute atomic E-state index is 0.154. The van der Waals surface area contributed by atoms with Gasteiger partial charge in [-0.05, 0) is 34.4 Å². The first-order valence-electron chi connectivity index (χ1n) is 8.59. The molecule has 0 saturated heterocycles. The predicted molar refractivity (Wildman–Crippen MR) is 101 cm³/mol. The van der Waals surface area contributed by atoms with Crippen molar-refractivity contribution in [2.24, 2.45) is 11.8 Å². The van der Waals surface area contributed by atoms with Gasteiger partial charge < -0.3 is 9.05 Å². The van der Waals surface area contributed by atoms with Crippen LogP contribution >= 0.6 is 7.82 Å². The molecule has 2 aromatic carbocycles. The van der Waals surface area contributed by atoms with Crippen LogP contribution in [0, 0.1) is 11.8 Å². The highest BCUT2D eigenvalue weighted by atomic mass is 31.2. The Morgan fingerprint density at radius 3 is 2.81 bits per heavy atom. The van der Waals surface area contributed by atoms with Crippen LogP contribution in [0.5, 0.6) is 5.75 Å². The van der Waals surface area contributed by atoms with Gasteiger partial charge in [-0.3, -0.25) is 4.89 Å². The normalized spacial score (nSPS) is 29.1. The highest BCUT2D eigenvalue weighted by Crippen LogP contribution is 2.58. The van der Waals surface area contributed by atoms with Crippen molar-refractivity contribution < 1.29 is 18.5 Å². The van der Waals surface area contributed by atoms with Crippen molar-refractivity contribution in [3.63, 3.8) is 0 Å². The van der Waals surface area contributed by atoms with Crippen molar-refractivity contribution in [3.8, 4) is 5.75 Å². The van der Waals surface area contributed by atoms with Crippen LogP contribution in [0.25, 0.3) is 16.3 Å². The van der Waals surface area contributed by atoms with Crippen molar-refractivity contribution in [3.05, 3.63) is 83.7 Å². The van der Waals surface area contributed by atoms with Gasteiger partial charge in [0.15, 0.2) is 0 Å². The molecule has 3 atom stereocenters. The van der Waals surface area contributed by atoms with Gasteiger partial charge in [0.05, 0.1) is 0 Å². The second-order valence-electron chi connectivity index (χ2n) is 6.80. The summed E-state index contributed by atoms with van der Waals surface area (Å²) in [5.41, 5.74) is 2.74. The Morgan fingerprint density at radius 1 is 1.08 bits per heavy atom. The van der Waals surface area contributed by atoms with Gasteiger partial charge in [-0.1, -0.05) is 61.6 Å². The van der Waals surface area contributed by atoms with Gasteiger partial charge in [-0.2, -0.15) is 0 Å². The van der Waals surface area contributed by atoms with Crippen LogP contribution in [0.1, 0.15) is 12.5 Å².